The zero-order valence-electron chi connectivity index (χ0n) is 9.08. The van der Waals surface area contributed by atoms with Crippen LogP contribution in [0.15, 0.2) is 36.4 Å². The summed E-state index contributed by atoms with van der Waals surface area (Å²) in [7, 11) is 1.46. The number of rotatable bonds is 2. The lowest BCUT2D eigenvalue weighted by Crippen LogP contribution is -1.90. The van der Waals surface area contributed by atoms with E-state index in [1.807, 2.05) is 0 Å². The minimum atomic E-state index is -0.979. The lowest BCUT2D eigenvalue weighted by molar-refractivity contribution is 0.408. The molecule has 4 heteroatoms. The van der Waals surface area contributed by atoms with Crippen molar-refractivity contribution in [3.63, 3.8) is 0 Å². The first-order valence-electron chi connectivity index (χ1n) is 4.95. The lowest BCUT2D eigenvalue weighted by Gasteiger charge is -2.08. The normalized spacial score (nSPS) is 10.3. The van der Waals surface area contributed by atoms with Gasteiger partial charge in [0.1, 0.15) is 11.5 Å². The largest absolute Gasteiger partial charge is 0.507 e. The number of phenols is 1. The Morgan fingerprint density at radius 1 is 1.06 bits per heavy atom. The molecule has 17 heavy (non-hydrogen) atoms. The van der Waals surface area contributed by atoms with Crippen molar-refractivity contribution in [2.24, 2.45) is 0 Å². The minimum Gasteiger partial charge on any atom is -0.507 e. The van der Waals surface area contributed by atoms with Gasteiger partial charge in [0.05, 0.1) is 7.11 Å². The van der Waals surface area contributed by atoms with Crippen molar-refractivity contribution in [1.29, 1.82) is 0 Å². The summed E-state index contributed by atoms with van der Waals surface area (Å²) in [6, 6.07) is 8.21. The standard InChI is InChI=1S/C13H10F2O2/c1-17-8-5-6-9(12(16)7-8)10-3-2-4-11(14)13(10)15/h2-7,16H,1H3. The van der Waals surface area contributed by atoms with Crippen LogP contribution < -0.4 is 4.74 Å². The molecule has 0 fully saturated rings. The number of halogens is 2. The van der Waals surface area contributed by atoms with Crippen LogP contribution in [0.2, 0.25) is 0 Å². The fraction of sp³-hybridized carbons (Fsp3) is 0.0769. The molecule has 0 atom stereocenters. The molecule has 0 aliphatic rings. The molecule has 0 saturated heterocycles. The maximum Gasteiger partial charge on any atom is 0.166 e. The van der Waals surface area contributed by atoms with E-state index in [0.717, 1.165) is 6.07 Å². The molecule has 0 amide bonds. The maximum atomic E-state index is 13.5. The summed E-state index contributed by atoms with van der Waals surface area (Å²) in [5.74, 6) is -1.64. The van der Waals surface area contributed by atoms with E-state index < -0.39 is 11.6 Å². The van der Waals surface area contributed by atoms with Crippen LogP contribution in [0.1, 0.15) is 0 Å². The van der Waals surface area contributed by atoms with Gasteiger partial charge >= 0.3 is 0 Å². The number of benzene rings is 2. The van der Waals surface area contributed by atoms with E-state index in [0.29, 0.717) is 5.75 Å². The quantitative estimate of drug-likeness (QED) is 0.866. The van der Waals surface area contributed by atoms with Crippen LogP contribution in [-0.4, -0.2) is 12.2 Å². The molecule has 0 unspecified atom stereocenters. The average Bonchev–Trinajstić information content (AvgIpc) is 2.33. The highest BCUT2D eigenvalue weighted by Gasteiger charge is 2.13. The summed E-state index contributed by atoms with van der Waals surface area (Å²) in [4.78, 5) is 0. The Kier molecular flexibility index (Phi) is 2.95. The maximum absolute atomic E-state index is 13.5. The third kappa shape index (κ3) is 2.06. The smallest absolute Gasteiger partial charge is 0.166 e. The first kappa shape index (κ1) is 11.4. The van der Waals surface area contributed by atoms with Gasteiger partial charge in [-0.1, -0.05) is 12.1 Å². The van der Waals surface area contributed by atoms with Crippen molar-refractivity contribution < 1.29 is 18.6 Å². The van der Waals surface area contributed by atoms with Crippen LogP contribution in [0.25, 0.3) is 11.1 Å². The second-order valence-electron chi connectivity index (χ2n) is 3.48. The number of ether oxygens (including phenoxy) is 1. The molecule has 0 aromatic heterocycles. The van der Waals surface area contributed by atoms with Crippen molar-refractivity contribution >= 4 is 0 Å². The Balaban J connectivity index is 2.57. The zero-order valence-corrected chi connectivity index (χ0v) is 9.08. The number of aromatic hydroxyl groups is 1. The van der Waals surface area contributed by atoms with E-state index in [-0.39, 0.29) is 16.9 Å². The van der Waals surface area contributed by atoms with E-state index in [4.69, 9.17) is 4.74 Å². The fourth-order valence-corrected chi connectivity index (χ4v) is 1.58. The van der Waals surface area contributed by atoms with Gasteiger partial charge in [-0.3, -0.25) is 0 Å². The van der Waals surface area contributed by atoms with Crippen LogP contribution >= 0.6 is 0 Å². The highest BCUT2D eigenvalue weighted by molar-refractivity contribution is 5.71. The molecule has 0 radical (unpaired) electrons. The van der Waals surface area contributed by atoms with E-state index in [9.17, 15) is 13.9 Å². The van der Waals surface area contributed by atoms with E-state index in [1.165, 1.54) is 31.4 Å². The third-order valence-electron chi connectivity index (χ3n) is 2.45. The number of methoxy groups -OCH3 is 1. The number of phenolic OH excluding ortho intramolecular Hbond substituents is 1. The Labute approximate surface area is 97.1 Å². The average molecular weight is 236 g/mol. The van der Waals surface area contributed by atoms with E-state index >= 15 is 0 Å². The molecule has 2 aromatic carbocycles. The van der Waals surface area contributed by atoms with Crippen LogP contribution in [0.3, 0.4) is 0 Å². The molecule has 0 saturated carbocycles. The summed E-state index contributed by atoms with van der Waals surface area (Å²) in [6.45, 7) is 0. The van der Waals surface area contributed by atoms with Gasteiger partial charge in [0.25, 0.3) is 0 Å². The van der Waals surface area contributed by atoms with Gasteiger partial charge in [-0.05, 0) is 18.2 Å². The Bertz CT molecular complexity index is 553. The van der Waals surface area contributed by atoms with Gasteiger partial charge in [0.15, 0.2) is 11.6 Å². The summed E-state index contributed by atoms with van der Waals surface area (Å²) < 4.78 is 31.5. The first-order chi connectivity index (χ1) is 8.13. The molecular formula is C13H10F2O2. The molecular weight excluding hydrogens is 226 g/mol. The lowest BCUT2D eigenvalue weighted by atomic mass is 10.0. The topological polar surface area (TPSA) is 29.5 Å². The van der Waals surface area contributed by atoms with E-state index in [1.54, 1.807) is 6.07 Å². The molecule has 0 bridgehead atoms. The summed E-state index contributed by atoms with van der Waals surface area (Å²) in [5, 5.41) is 9.72. The molecule has 2 nitrogen and oxygen atoms in total. The predicted molar refractivity (Wildman–Crippen MR) is 60.0 cm³/mol. The van der Waals surface area contributed by atoms with Crippen molar-refractivity contribution in [3.05, 3.63) is 48.0 Å². The van der Waals surface area contributed by atoms with E-state index in [2.05, 4.69) is 0 Å². The van der Waals surface area contributed by atoms with Crippen LogP contribution in [0, 0.1) is 11.6 Å². The van der Waals surface area contributed by atoms with Crippen LogP contribution in [0.5, 0.6) is 11.5 Å². The van der Waals surface area contributed by atoms with Crippen molar-refractivity contribution in [3.8, 4) is 22.6 Å². The second-order valence-corrected chi connectivity index (χ2v) is 3.48. The van der Waals surface area contributed by atoms with Crippen molar-refractivity contribution in [1.82, 2.24) is 0 Å². The molecule has 2 aromatic rings. The Morgan fingerprint density at radius 2 is 1.82 bits per heavy atom. The number of hydrogen-bond acceptors (Lipinski definition) is 2. The molecule has 0 heterocycles. The predicted octanol–water partition coefficient (Wildman–Crippen LogP) is 3.35. The minimum absolute atomic E-state index is 0.0187. The Hall–Kier alpha value is -2.10. The molecule has 0 spiro atoms. The highest BCUT2D eigenvalue weighted by atomic mass is 19.2. The van der Waals surface area contributed by atoms with Crippen molar-refractivity contribution in [2.75, 3.05) is 7.11 Å². The first-order valence-corrected chi connectivity index (χ1v) is 4.95. The summed E-state index contributed by atoms with van der Waals surface area (Å²) in [5.41, 5.74) is 0.243. The Morgan fingerprint density at radius 3 is 2.47 bits per heavy atom. The monoisotopic (exact) mass is 236 g/mol. The highest BCUT2D eigenvalue weighted by Crippen LogP contribution is 2.34. The third-order valence-corrected chi connectivity index (χ3v) is 2.45. The van der Waals surface area contributed by atoms with Gasteiger partial charge < -0.3 is 9.84 Å². The molecule has 0 aliphatic heterocycles. The van der Waals surface area contributed by atoms with Gasteiger partial charge in [-0.25, -0.2) is 8.78 Å². The van der Waals surface area contributed by atoms with Crippen LogP contribution in [-0.2, 0) is 0 Å². The second kappa shape index (κ2) is 4.41. The van der Waals surface area contributed by atoms with Gasteiger partial charge in [0.2, 0.25) is 0 Å². The molecule has 1 N–H and O–H groups in total. The van der Waals surface area contributed by atoms with Gasteiger partial charge in [-0.15, -0.1) is 0 Å². The zero-order chi connectivity index (χ0) is 12.4. The van der Waals surface area contributed by atoms with Gasteiger partial charge in [-0.2, -0.15) is 0 Å². The van der Waals surface area contributed by atoms with Crippen molar-refractivity contribution in [2.45, 2.75) is 0 Å². The van der Waals surface area contributed by atoms with Gasteiger partial charge in [0, 0.05) is 17.2 Å². The fourth-order valence-electron chi connectivity index (χ4n) is 1.58. The number of hydrogen-bond donors (Lipinski definition) is 1. The SMILES string of the molecule is COc1ccc(-c2cccc(F)c2F)c(O)c1. The molecule has 2 rings (SSSR count). The molecule has 88 valence electrons. The molecule has 0 aliphatic carbocycles. The van der Waals surface area contributed by atoms with Crippen LogP contribution in [0.4, 0.5) is 8.78 Å². The summed E-state index contributed by atoms with van der Waals surface area (Å²) in [6.07, 6.45) is 0. The summed E-state index contributed by atoms with van der Waals surface area (Å²) >= 11 is 0.